The van der Waals surface area contributed by atoms with Gasteiger partial charge in [-0.25, -0.2) is 0 Å². The molecule has 1 unspecified atom stereocenters. The largest absolute Gasteiger partial charge is 0.462 e. The number of hydrogen-bond donors (Lipinski definition) is 0. The fourth-order valence-corrected chi connectivity index (χ4v) is 7.62. The van der Waals surface area contributed by atoms with E-state index in [-0.39, 0.29) is 31.1 Å². The van der Waals surface area contributed by atoms with Gasteiger partial charge >= 0.3 is 17.9 Å². The molecule has 0 spiro atoms. The third-order valence-electron chi connectivity index (χ3n) is 11.7. The zero-order valence-corrected chi connectivity index (χ0v) is 42.3. The average molecular weight is 895 g/mol. The van der Waals surface area contributed by atoms with Crippen LogP contribution in [0.15, 0.2) is 60.8 Å². The lowest BCUT2D eigenvalue weighted by molar-refractivity contribution is -0.167. The van der Waals surface area contributed by atoms with Crippen molar-refractivity contribution in [3.05, 3.63) is 60.8 Å². The molecule has 0 amide bonds. The lowest BCUT2D eigenvalue weighted by Crippen LogP contribution is -2.30. The van der Waals surface area contributed by atoms with Crippen LogP contribution in [0.3, 0.4) is 0 Å². The van der Waals surface area contributed by atoms with Crippen molar-refractivity contribution in [3.63, 3.8) is 0 Å². The van der Waals surface area contributed by atoms with Gasteiger partial charge in [0.2, 0.25) is 0 Å². The van der Waals surface area contributed by atoms with Gasteiger partial charge in [0.15, 0.2) is 6.10 Å². The molecule has 0 aliphatic carbocycles. The van der Waals surface area contributed by atoms with Crippen molar-refractivity contribution in [2.45, 2.75) is 277 Å². The molecule has 0 aromatic carbocycles. The summed E-state index contributed by atoms with van der Waals surface area (Å²) in [6, 6.07) is 0. The number of ether oxygens (including phenoxy) is 3. The summed E-state index contributed by atoms with van der Waals surface area (Å²) in [6.07, 6.45) is 64.9. The molecule has 1 atom stereocenters. The van der Waals surface area contributed by atoms with Gasteiger partial charge in [0, 0.05) is 19.3 Å². The molecule has 0 aromatic heterocycles. The van der Waals surface area contributed by atoms with Crippen molar-refractivity contribution in [3.8, 4) is 0 Å². The first-order valence-corrected chi connectivity index (χ1v) is 27.3. The van der Waals surface area contributed by atoms with E-state index in [9.17, 15) is 14.4 Å². The van der Waals surface area contributed by atoms with Crippen LogP contribution in [0.5, 0.6) is 0 Å². The number of carbonyl (C=O) groups excluding carboxylic acids is 3. The van der Waals surface area contributed by atoms with Crippen LogP contribution in [0.2, 0.25) is 0 Å². The molecule has 0 saturated heterocycles. The first-order valence-electron chi connectivity index (χ1n) is 27.3. The molecule has 0 N–H and O–H groups in total. The monoisotopic (exact) mass is 895 g/mol. The summed E-state index contributed by atoms with van der Waals surface area (Å²) in [4.78, 5) is 38.0. The van der Waals surface area contributed by atoms with E-state index in [2.05, 4.69) is 81.5 Å². The Balaban J connectivity index is 4.40. The highest BCUT2D eigenvalue weighted by Gasteiger charge is 2.19. The maximum atomic E-state index is 12.8. The number of esters is 3. The summed E-state index contributed by atoms with van der Waals surface area (Å²) >= 11 is 0. The van der Waals surface area contributed by atoms with Crippen LogP contribution in [0.4, 0.5) is 0 Å². The topological polar surface area (TPSA) is 78.9 Å². The number of carbonyl (C=O) groups is 3. The number of rotatable bonds is 49. The van der Waals surface area contributed by atoms with Gasteiger partial charge in [-0.15, -0.1) is 0 Å². The van der Waals surface area contributed by atoms with Crippen molar-refractivity contribution >= 4 is 17.9 Å². The Kier molecular flexibility index (Phi) is 50.4. The van der Waals surface area contributed by atoms with Gasteiger partial charge in [-0.1, -0.05) is 210 Å². The van der Waals surface area contributed by atoms with Gasteiger partial charge in [0.05, 0.1) is 0 Å². The molecule has 0 aliphatic heterocycles. The van der Waals surface area contributed by atoms with Gasteiger partial charge in [-0.05, 0) is 103 Å². The molecule has 370 valence electrons. The van der Waals surface area contributed by atoms with E-state index in [1.807, 2.05) is 0 Å². The van der Waals surface area contributed by atoms with Crippen LogP contribution >= 0.6 is 0 Å². The second kappa shape index (κ2) is 52.7. The highest BCUT2D eigenvalue weighted by atomic mass is 16.6. The molecular formula is C58H102O6. The van der Waals surface area contributed by atoms with E-state index in [1.165, 1.54) is 135 Å². The molecule has 6 heteroatoms. The molecule has 0 radical (unpaired) electrons. The molecule has 0 fully saturated rings. The zero-order valence-electron chi connectivity index (χ0n) is 42.3. The third kappa shape index (κ3) is 50.1. The second-order valence-electron chi connectivity index (χ2n) is 18.1. The summed E-state index contributed by atoms with van der Waals surface area (Å²) in [6.45, 7) is 6.50. The molecule has 64 heavy (non-hydrogen) atoms. The molecule has 6 nitrogen and oxygen atoms in total. The fraction of sp³-hybridized carbons (Fsp3) is 0.776. The van der Waals surface area contributed by atoms with Crippen LogP contribution in [0.25, 0.3) is 0 Å². The molecular weight excluding hydrogens is 793 g/mol. The Hall–Kier alpha value is -2.89. The van der Waals surface area contributed by atoms with Crippen molar-refractivity contribution in [1.82, 2.24) is 0 Å². The van der Waals surface area contributed by atoms with Gasteiger partial charge in [0.1, 0.15) is 13.2 Å². The zero-order chi connectivity index (χ0) is 46.5. The van der Waals surface area contributed by atoms with Crippen molar-refractivity contribution in [2.75, 3.05) is 13.2 Å². The minimum Gasteiger partial charge on any atom is -0.462 e. The van der Waals surface area contributed by atoms with Crippen LogP contribution < -0.4 is 0 Å². The third-order valence-corrected chi connectivity index (χ3v) is 11.7. The van der Waals surface area contributed by atoms with E-state index in [4.69, 9.17) is 14.2 Å². The number of allylic oxidation sites excluding steroid dienone is 10. The molecule has 0 aliphatic rings. The first-order chi connectivity index (χ1) is 31.5. The van der Waals surface area contributed by atoms with E-state index in [1.54, 1.807) is 0 Å². The molecule has 0 saturated carbocycles. The Bertz CT molecular complexity index is 1170. The average Bonchev–Trinajstić information content (AvgIpc) is 3.29. The minimum absolute atomic E-state index is 0.0886. The predicted molar refractivity (Wildman–Crippen MR) is 275 cm³/mol. The van der Waals surface area contributed by atoms with Gasteiger partial charge < -0.3 is 14.2 Å². The van der Waals surface area contributed by atoms with Crippen LogP contribution in [0.1, 0.15) is 271 Å². The highest BCUT2D eigenvalue weighted by molar-refractivity contribution is 5.71. The van der Waals surface area contributed by atoms with E-state index >= 15 is 0 Å². The summed E-state index contributed by atoms with van der Waals surface area (Å²) in [5.41, 5.74) is 0. The smallest absolute Gasteiger partial charge is 0.306 e. The Morgan fingerprint density at radius 1 is 0.328 bits per heavy atom. The number of unbranched alkanes of at least 4 members (excludes halogenated alkanes) is 28. The quantitative estimate of drug-likeness (QED) is 0.0262. The standard InChI is InChI=1S/C58H102O6/c1-4-7-10-13-16-19-22-25-27-28-29-31-33-36-39-42-45-48-51-57(60)63-54-55(53-62-56(59)50-47-44-41-38-35-32-24-21-18-15-12-9-6-3)64-58(61)52-49-46-43-40-37-34-30-26-23-20-17-14-11-8-5-2/h9,12,18,21,26-28,30,32,35,55H,4-8,10-11,13-17,19-20,22-25,29,31,33-34,36-54H2,1-3H3/b12-9-,21-18-,28-27-,30-26-,35-32-. The minimum atomic E-state index is -0.791. The normalized spacial score (nSPS) is 12.5. The van der Waals surface area contributed by atoms with Crippen molar-refractivity contribution < 1.29 is 28.6 Å². The summed E-state index contributed by atoms with van der Waals surface area (Å²) in [7, 11) is 0. The van der Waals surface area contributed by atoms with Crippen LogP contribution in [-0.2, 0) is 28.6 Å². The van der Waals surface area contributed by atoms with E-state index in [0.29, 0.717) is 19.3 Å². The molecule has 0 aromatic rings. The van der Waals surface area contributed by atoms with Crippen LogP contribution in [-0.4, -0.2) is 37.2 Å². The summed E-state index contributed by atoms with van der Waals surface area (Å²) in [5.74, 6) is -0.925. The Morgan fingerprint density at radius 3 is 0.984 bits per heavy atom. The molecule has 0 rings (SSSR count). The lowest BCUT2D eigenvalue weighted by Gasteiger charge is -2.18. The molecule has 0 bridgehead atoms. The Morgan fingerprint density at radius 2 is 0.609 bits per heavy atom. The SMILES string of the molecule is CC/C=C\C/C=C\C/C=C\CCCCCC(=O)OCC(COC(=O)CCCCCCCCC/C=C\CCCCCCCCC)OC(=O)CCCCCCC/C=C\CCCCCCCC. The van der Waals surface area contributed by atoms with Gasteiger partial charge in [-0.3, -0.25) is 14.4 Å². The predicted octanol–water partition coefficient (Wildman–Crippen LogP) is 18.0. The molecule has 0 heterocycles. The highest BCUT2D eigenvalue weighted by Crippen LogP contribution is 2.14. The lowest BCUT2D eigenvalue weighted by atomic mass is 10.1. The van der Waals surface area contributed by atoms with E-state index < -0.39 is 6.10 Å². The van der Waals surface area contributed by atoms with Crippen molar-refractivity contribution in [2.24, 2.45) is 0 Å². The maximum absolute atomic E-state index is 12.8. The summed E-state index contributed by atoms with van der Waals surface area (Å²) < 4.78 is 16.8. The van der Waals surface area contributed by atoms with Crippen molar-refractivity contribution in [1.29, 1.82) is 0 Å². The van der Waals surface area contributed by atoms with Gasteiger partial charge in [-0.2, -0.15) is 0 Å². The number of hydrogen-bond acceptors (Lipinski definition) is 6. The maximum Gasteiger partial charge on any atom is 0.306 e. The fourth-order valence-electron chi connectivity index (χ4n) is 7.62. The van der Waals surface area contributed by atoms with E-state index in [0.717, 1.165) is 96.3 Å². The van der Waals surface area contributed by atoms with Gasteiger partial charge in [0.25, 0.3) is 0 Å². The summed E-state index contributed by atoms with van der Waals surface area (Å²) in [5, 5.41) is 0. The van der Waals surface area contributed by atoms with Crippen LogP contribution in [0, 0.1) is 0 Å². The second-order valence-corrected chi connectivity index (χ2v) is 18.1. The Labute approximate surface area is 396 Å². The first kappa shape index (κ1) is 61.1.